The molecule has 2 rings (SSSR count). The van der Waals surface area contributed by atoms with Crippen LogP contribution in [-0.4, -0.2) is 25.0 Å². The second kappa shape index (κ2) is 9.63. The zero-order valence-electron chi connectivity index (χ0n) is 14.8. The van der Waals surface area contributed by atoms with E-state index in [1.807, 2.05) is 18.2 Å². The van der Waals surface area contributed by atoms with Gasteiger partial charge >= 0.3 is 0 Å². The summed E-state index contributed by atoms with van der Waals surface area (Å²) in [6.45, 7) is 1.98. The monoisotopic (exact) mass is 365 g/mol. The molecule has 2 amide bonds. The van der Waals surface area contributed by atoms with Crippen LogP contribution in [0.1, 0.15) is 12.5 Å². The van der Waals surface area contributed by atoms with Gasteiger partial charge in [0.15, 0.2) is 18.1 Å². The van der Waals surface area contributed by atoms with E-state index in [1.54, 1.807) is 43.3 Å². The second-order valence-electron chi connectivity index (χ2n) is 5.38. The third-order valence-electron chi connectivity index (χ3n) is 3.38. The number of amides is 2. The van der Waals surface area contributed by atoms with Crippen LogP contribution in [0.25, 0.3) is 6.08 Å². The first-order valence-corrected chi connectivity index (χ1v) is 8.19. The fourth-order valence-electron chi connectivity index (χ4n) is 2.19. The number of nitriles is 1. The number of nitrogens with one attached hydrogen (secondary N) is 1. The Bertz CT molecular complexity index is 886. The van der Waals surface area contributed by atoms with Gasteiger partial charge in [-0.2, -0.15) is 5.26 Å². The van der Waals surface area contributed by atoms with Gasteiger partial charge in [-0.1, -0.05) is 24.3 Å². The number of anilines is 1. The molecule has 0 aliphatic rings. The molecule has 0 bridgehead atoms. The van der Waals surface area contributed by atoms with Crippen LogP contribution in [-0.2, 0) is 9.59 Å². The van der Waals surface area contributed by atoms with Crippen molar-refractivity contribution in [2.24, 2.45) is 5.73 Å². The number of carbonyl (C=O) groups is 2. The number of nitrogens with zero attached hydrogens (tertiary/aromatic N) is 1. The molecule has 2 aromatic carbocycles. The first-order valence-electron chi connectivity index (χ1n) is 8.19. The minimum atomic E-state index is -0.812. The number of ether oxygens (including phenoxy) is 2. The summed E-state index contributed by atoms with van der Waals surface area (Å²) in [6.07, 6.45) is 1.36. The Morgan fingerprint density at radius 2 is 1.89 bits per heavy atom. The molecular weight excluding hydrogens is 346 g/mol. The lowest BCUT2D eigenvalue weighted by Crippen LogP contribution is -2.20. The Morgan fingerprint density at radius 3 is 2.52 bits per heavy atom. The van der Waals surface area contributed by atoms with Crippen LogP contribution in [0.5, 0.6) is 11.5 Å². The van der Waals surface area contributed by atoms with E-state index < -0.39 is 5.91 Å². The SMILES string of the molecule is CCOc1cc(/C=C(\C#N)C(N)=O)ccc1OCC(=O)Nc1ccccc1. The molecule has 27 heavy (non-hydrogen) atoms. The number of benzene rings is 2. The third kappa shape index (κ3) is 5.90. The van der Waals surface area contributed by atoms with Gasteiger partial charge in [0.25, 0.3) is 11.8 Å². The van der Waals surface area contributed by atoms with Gasteiger partial charge in [-0.15, -0.1) is 0 Å². The number of primary amides is 1. The van der Waals surface area contributed by atoms with E-state index in [-0.39, 0.29) is 18.1 Å². The summed E-state index contributed by atoms with van der Waals surface area (Å²) in [6, 6.07) is 15.6. The molecular formula is C20H19N3O4. The van der Waals surface area contributed by atoms with Gasteiger partial charge in [-0.25, -0.2) is 0 Å². The maximum atomic E-state index is 12.0. The normalized spacial score (nSPS) is 10.6. The van der Waals surface area contributed by atoms with Crippen molar-refractivity contribution in [2.75, 3.05) is 18.5 Å². The number of nitrogens with two attached hydrogens (primary N) is 1. The van der Waals surface area contributed by atoms with Gasteiger partial charge in [0.2, 0.25) is 0 Å². The van der Waals surface area contributed by atoms with Crippen LogP contribution >= 0.6 is 0 Å². The highest BCUT2D eigenvalue weighted by Crippen LogP contribution is 2.29. The topological polar surface area (TPSA) is 114 Å². The van der Waals surface area contributed by atoms with Gasteiger partial charge in [-0.3, -0.25) is 9.59 Å². The van der Waals surface area contributed by atoms with E-state index >= 15 is 0 Å². The third-order valence-corrected chi connectivity index (χ3v) is 3.38. The largest absolute Gasteiger partial charge is 0.490 e. The Balaban J connectivity index is 2.11. The number of carbonyl (C=O) groups excluding carboxylic acids is 2. The molecule has 0 atom stereocenters. The Kier molecular flexibility index (Phi) is 6.97. The van der Waals surface area contributed by atoms with Gasteiger partial charge in [0, 0.05) is 5.69 Å². The maximum Gasteiger partial charge on any atom is 0.262 e. The van der Waals surface area contributed by atoms with Gasteiger partial charge in [0.1, 0.15) is 11.6 Å². The summed E-state index contributed by atoms with van der Waals surface area (Å²) in [5.41, 5.74) is 6.19. The second-order valence-corrected chi connectivity index (χ2v) is 5.38. The minimum absolute atomic E-state index is 0.173. The quantitative estimate of drug-likeness (QED) is 0.551. The molecule has 0 aliphatic heterocycles. The molecule has 0 aromatic heterocycles. The predicted octanol–water partition coefficient (Wildman–Crippen LogP) is 2.50. The highest BCUT2D eigenvalue weighted by molar-refractivity contribution is 6.00. The van der Waals surface area contributed by atoms with Crippen molar-refractivity contribution in [1.82, 2.24) is 0 Å². The predicted molar refractivity (Wildman–Crippen MR) is 101 cm³/mol. The minimum Gasteiger partial charge on any atom is -0.490 e. The molecule has 0 heterocycles. The van der Waals surface area contributed by atoms with E-state index in [2.05, 4.69) is 5.32 Å². The number of hydrogen-bond donors (Lipinski definition) is 2. The number of rotatable bonds is 8. The van der Waals surface area contributed by atoms with Crippen LogP contribution in [0.4, 0.5) is 5.69 Å². The summed E-state index contributed by atoms with van der Waals surface area (Å²) in [7, 11) is 0. The average Bonchev–Trinajstić information content (AvgIpc) is 2.66. The summed E-state index contributed by atoms with van der Waals surface area (Å²) in [5.74, 6) is -0.364. The lowest BCUT2D eigenvalue weighted by Gasteiger charge is -2.13. The highest BCUT2D eigenvalue weighted by atomic mass is 16.5. The maximum absolute atomic E-state index is 12.0. The molecule has 2 aromatic rings. The van der Waals surface area contributed by atoms with Gasteiger partial charge in [0.05, 0.1) is 6.61 Å². The lowest BCUT2D eigenvalue weighted by molar-refractivity contribution is -0.118. The average molecular weight is 365 g/mol. The van der Waals surface area contributed by atoms with Gasteiger partial charge in [-0.05, 0) is 42.8 Å². The van der Waals surface area contributed by atoms with Crippen LogP contribution in [0, 0.1) is 11.3 Å². The molecule has 0 unspecified atom stereocenters. The van der Waals surface area contributed by atoms with Crippen molar-refractivity contribution >= 4 is 23.6 Å². The molecule has 7 nitrogen and oxygen atoms in total. The summed E-state index contributed by atoms with van der Waals surface area (Å²) in [4.78, 5) is 23.2. The van der Waals surface area contributed by atoms with E-state index in [9.17, 15) is 9.59 Å². The summed E-state index contributed by atoms with van der Waals surface area (Å²) < 4.78 is 11.1. The summed E-state index contributed by atoms with van der Waals surface area (Å²) in [5, 5.41) is 11.7. The Morgan fingerprint density at radius 1 is 1.15 bits per heavy atom. The molecule has 0 fully saturated rings. The van der Waals surface area contributed by atoms with Crippen molar-refractivity contribution in [3.05, 3.63) is 59.7 Å². The first-order chi connectivity index (χ1) is 13.0. The lowest BCUT2D eigenvalue weighted by atomic mass is 10.1. The van der Waals surface area contributed by atoms with Crippen LogP contribution in [0.2, 0.25) is 0 Å². The van der Waals surface area contributed by atoms with E-state index in [1.165, 1.54) is 6.08 Å². The van der Waals surface area contributed by atoms with Gasteiger partial charge < -0.3 is 20.5 Å². The van der Waals surface area contributed by atoms with Crippen LogP contribution < -0.4 is 20.5 Å². The Hall–Kier alpha value is -3.79. The fraction of sp³-hybridized carbons (Fsp3) is 0.150. The zero-order chi connectivity index (χ0) is 19.6. The van der Waals surface area contributed by atoms with Crippen molar-refractivity contribution in [3.8, 4) is 17.6 Å². The molecule has 7 heteroatoms. The molecule has 0 spiro atoms. The molecule has 0 saturated carbocycles. The number of para-hydroxylation sites is 1. The van der Waals surface area contributed by atoms with E-state index in [4.69, 9.17) is 20.5 Å². The smallest absolute Gasteiger partial charge is 0.262 e. The molecule has 3 N–H and O–H groups in total. The Labute approximate surface area is 157 Å². The van der Waals surface area contributed by atoms with Crippen molar-refractivity contribution < 1.29 is 19.1 Å². The standard InChI is InChI=1S/C20H19N3O4/c1-2-26-18-11-14(10-15(12-21)20(22)25)8-9-17(18)27-13-19(24)23-16-6-4-3-5-7-16/h3-11H,2,13H2,1H3,(H2,22,25)(H,23,24)/b15-10+. The van der Waals surface area contributed by atoms with Crippen molar-refractivity contribution in [1.29, 1.82) is 5.26 Å². The molecule has 0 radical (unpaired) electrons. The number of hydrogen-bond acceptors (Lipinski definition) is 5. The first kappa shape index (κ1) is 19.5. The summed E-state index contributed by atoms with van der Waals surface area (Å²) >= 11 is 0. The van der Waals surface area contributed by atoms with Crippen molar-refractivity contribution in [2.45, 2.75) is 6.92 Å². The molecule has 138 valence electrons. The van der Waals surface area contributed by atoms with Crippen molar-refractivity contribution in [3.63, 3.8) is 0 Å². The van der Waals surface area contributed by atoms with Crippen LogP contribution in [0.3, 0.4) is 0 Å². The zero-order valence-corrected chi connectivity index (χ0v) is 14.8. The van der Waals surface area contributed by atoms with E-state index in [0.717, 1.165) is 0 Å². The molecule has 0 saturated heterocycles. The van der Waals surface area contributed by atoms with Crippen LogP contribution in [0.15, 0.2) is 54.1 Å². The highest BCUT2D eigenvalue weighted by Gasteiger charge is 2.10. The van der Waals surface area contributed by atoms with E-state index in [0.29, 0.717) is 29.4 Å². The fourth-order valence-corrected chi connectivity index (χ4v) is 2.19. The molecule has 0 aliphatic carbocycles.